The predicted molar refractivity (Wildman–Crippen MR) is 516 cm³/mol. The van der Waals surface area contributed by atoms with Crippen molar-refractivity contribution in [3.8, 4) is 0 Å². The molecule has 718 valence electrons. The Kier molecular flexibility index (Phi) is 37.7. The monoisotopic (exact) mass is 1740 g/mol. The van der Waals surface area contributed by atoms with Crippen molar-refractivity contribution < 1.29 is 29.0 Å². The van der Waals surface area contributed by atoms with Gasteiger partial charge in [-0.2, -0.15) is 60.3 Å². The number of hydrogen-bond donors (Lipinski definition) is 4. The van der Waals surface area contributed by atoms with Crippen LogP contribution in [0, 0.1) is 23.7 Å². The number of hydrogen-bond acceptors (Lipinski definition) is 24. The van der Waals surface area contributed by atoms with Crippen LogP contribution < -0.4 is 31.1 Å². The Hall–Kier alpha value is -3.66. The van der Waals surface area contributed by atoms with Crippen molar-refractivity contribution in [2.24, 2.45) is 23.7 Å². The number of nitrogens with zero attached hydrogens (tertiary/aromatic N) is 14. The molecule has 124 heavy (non-hydrogen) atoms. The molecule has 2 aromatic rings. The van der Waals surface area contributed by atoms with Gasteiger partial charge in [0.05, 0.1) is 39.6 Å². The highest BCUT2D eigenvalue weighted by atomic mass is 16.7. The van der Waals surface area contributed by atoms with Gasteiger partial charge in [-0.25, -0.2) is 0 Å². The van der Waals surface area contributed by atoms with E-state index in [9.17, 15) is 0 Å². The smallest absolute Gasteiger partial charge is 0.232 e. The minimum Gasteiger partial charge on any atom is -0.351 e. The molecule has 4 unspecified atom stereocenters. The van der Waals surface area contributed by atoms with E-state index in [1.165, 1.54) is 0 Å². The predicted octanol–water partition coefficient (Wildman–Crippen LogP) is 23.4. The number of nitrogens with one attached hydrogen (secondary N) is 4. The topological polar surface area (TPSA) is 207 Å². The van der Waals surface area contributed by atoms with Crippen molar-refractivity contribution in [2.45, 2.75) is 531 Å². The van der Waals surface area contributed by atoms with Crippen LogP contribution in [0.3, 0.4) is 0 Å². The van der Waals surface area contributed by atoms with E-state index in [0.717, 1.165) is 218 Å². The summed E-state index contributed by atoms with van der Waals surface area (Å²) in [6.07, 6.45) is 29.0. The molecule has 8 rings (SSSR count). The first-order valence-electron chi connectivity index (χ1n) is 50.6. The number of unbranched alkanes of at least 4 members (excludes halogenated alkanes) is 3. The van der Waals surface area contributed by atoms with Gasteiger partial charge in [0.25, 0.3) is 0 Å². The van der Waals surface area contributed by atoms with Crippen LogP contribution in [0.5, 0.6) is 0 Å². The van der Waals surface area contributed by atoms with Gasteiger partial charge in [0.2, 0.25) is 35.7 Å². The molecule has 2 aromatic heterocycles. The van der Waals surface area contributed by atoms with Gasteiger partial charge in [-0.1, -0.05) is 108 Å². The fourth-order valence-corrected chi connectivity index (χ4v) is 25.2. The molecule has 24 heteroatoms. The van der Waals surface area contributed by atoms with E-state index in [-0.39, 0.29) is 103 Å². The van der Waals surface area contributed by atoms with Crippen LogP contribution in [0.2, 0.25) is 0 Å². The molecular weight excluding hydrogens is 1550 g/mol. The van der Waals surface area contributed by atoms with Crippen LogP contribution in [0.1, 0.15) is 428 Å². The third-order valence-electron chi connectivity index (χ3n) is 28.3. The summed E-state index contributed by atoms with van der Waals surface area (Å²) in [6.45, 7) is 85.4. The molecule has 8 heterocycles. The number of hydroxylamine groups is 12. The Morgan fingerprint density at radius 2 is 0.419 bits per heavy atom. The van der Waals surface area contributed by atoms with Crippen LogP contribution in [0.15, 0.2) is 0 Å². The second-order valence-electron chi connectivity index (χ2n) is 46.8. The number of piperidine rings is 6. The molecule has 0 bridgehead atoms. The third-order valence-corrected chi connectivity index (χ3v) is 28.3. The second kappa shape index (κ2) is 44.3. The highest BCUT2D eigenvalue weighted by Gasteiger charge is 2.56. The number of aromatic nitrogens is 6. The Bertz CT molecular complexity index is 3020. The molecule has 6 aliphatic heterocycles. The fraction of sp³-hybridized carbons (Fsp3) is 0.940. The lowest BCUT2D eigenvalue weighted by Gasteiger charge is -2.55. The Morgan fingerprint density at radius 1 is 0.250 bits per heavy atom. The molecule has 4 N–H and O–H groups in total. The molecule has 6 saturated heterocycles. The molecule has 0 radical (unpaired) electrons. The first-order valence-corrected chi connectivity index (χ1v) is 50.6. The number of rotatable bonds is 49. The Morgan fingerprint density at radius 3 is 0.581 bits per heavy atom. The molecule has 0 aromatic carbocycles. The highest BCUT2D eigenvalue weighted by Crippen LogP contribution is 2.51. The largest absolute Gasteiger partial charge is 0.351 e. The summed E-state index contributed by atoms with van der Waals surface area (Å²) < 4.78 is 0. The van der Waals surface area contributed by atoms with Gasteiger partial charge in [-0.05, 0) is 344 Å². The molecule has 0 amide bonds. The zero-order valence-corrected chi connectivity index (χ0v) is 86.4. The fourth-order valence-electron chi connectivity index (χ4n) is 25.2. The maximum absolute atomic E-state index is 6.82. The minimum absolute atomic E-state index is 0.0874. The van der Waals surface area contributed by atoms with E-state index < -0.39 is 0 Å². The average molecular weight is 1740 g/mol. The molecule has 24 nitrogen and oxygen atoms in total. The zero-order valence-electron chi connectivity index (χ0n) is 86.4. The summed E-state index contributed by atoms with van der Waals surface area (Å²) in [5, 5.41) is 30.7. The van der Waals surface area contributed by atoms with E-state index >= 15 is 0 Å². The van der Waals surface area contributed by atoms with Gasteiger partial charge in [0.15, 0.2) is 0 Å². The van der Waals surface area contributed by atoms with Gasteiger partial charge in [0.1, 0.15) is 0 Å². The van der Waals surface area contributed by atoms with E-state index in [2.05, 4.69) is 297 Å². The van der Waals surface area contributed by atoms with Crippen LogP contribution in [-0.4, -0.2) is 216 Å². The molecule has 4 atom stereocenters. The van der Waals surface area contributed by atoms with E-state index in [4.69, 9.17) is 58.9 Å². The van der Waals surface area contributed by atoms with Crippen molar-refractivity contribution in [3.05, 3.63) is 0 Å². The minimum atomic E-state index is -0.305. The molecular formula is C100H192N18O6. The van der Waals surface area contributed by atoms with Crippen LogP contribution in [0.4, 0.5) is 35.7 Å². The van der Waals surface area contributed by atoms with Gasteiger partial charge in [-0.3, -0.25) is 29.0 Å². The maximum Gasteiger partial charge on any atom is 0.232 e. The quantitative estimate of drug-likeness (QED) is 0.0454. The normalized spacial score (nSPS) is 24.3. The van der Waals surface area contributed by atoms with Crippen LogP contribution in [0.25, 0.3) is 0 Å². The molecule has 0 spiro atoms. The Balaban J connectivity index is 1.23. The molecule has 0 aliphatic carbocycles. The Labute approximate surface area is 759 Å². The van der Waals surface area contributed by atoms with E-state index in [1.54, 1.807) is 0 Å². The second-order valence-corrected chi connectivity index (χ2v) is 46.8. The summed E-state index contributed by atoms with van der Waals surface area (Å²) in [7, 11) is 0. The SMILES string of the molecule is CCCON1C(C)(C)CC(C(CCC)Nc2nc(NC(CCC)C3CC(C)(C)N(OCCC)C(C)(C)C3)nc(N(CCCCCCN(c3nc(NC(CCC)C4CC(C)(C)N(OCCC)C(C)(C)C4)nc(NC(CCC)C4CC(C)(C)N(OCCC)C(C)(C)C4)n3)C3CC(C)(C)N(OCCC)C(C)(C)C3)C3CC(C)(C)N(OCCC)C(C)(C)C3)n2)CC1(C)C. The van der Waals surface area contributed by atoms with Crippen molar-refractivity contribution >= 4 is 35.7 Å². The number of anilines is 6. The van der Waals surface area contributed by atoms with Crippen molar-refractivity contribution in [3.63, 3.8) is 0 Å². The lowest BCUT2D eigenvalue weighted by Crippen LogP contribution is -2.64. The zero-order chi connectivity index (χ0) is 92.0. The van der Waals surface area contributed by atoms with Crippen molar-refractivity contribution in [1.82, 2.24) is 60.3 Å². The van der Waals surface area contributed by atoms with E-state index in [0.29, 0.717) is 87.1 Å². The summed E-state index contributed by atoms with van der Waals surface area (Å²) in [6, 6.07) is 0.630. The van der Waals surface area contributed by atoms with Gasteiger partial charge < -0.3 is 31.1 Å². The standard InChI is InChI=1S/C100H192N18O6/c1-35-49-79(73-61-89(11,12)113(119-55-39-5)90(13,14)62-73)101-83-105-84(102-80(50-36-2)74-63-91(15,16)114(120-56-40-6)92(17,18)64-74)108-87(107-83)111(77-69-97(27,28)117(123-59-43-9)98(29,30)70-77)53-47-45-46-48-54-112(78-71-99(31,32)118(124-60-44-10)100(33,34)72-78)88-109-85(103-81(51-37-3)75-65-93(19,20)115(121-57-41-7)94(21,22)66-75)106-86(110-88)104-82(52-38-4)76-67-95(23,24)116(122-58-42-8)96(25,26)68-76/h73-82H,35-72H2,1-34H3,(H2,101,102,105,107,108)(H2,103,104,106,109,110). The van der Waals surface area contributed by atoms with E-state index in [1.807, 2.05) is 0 Å². The van der Waals surface area contributed by atoms with Gasteiger partial charge in [-0.15, -0.1) is 0 Å². The molecule has 6 aliphatic rings. The van der Waals surface area contributed by atoms with Crippen LogP contribution in [-0.2, 0) is 29.0 Å². The first-order chi connectivity index (χ1) is 57.9. The summed E-state index contributed by atoms with van der Waals surface area (Å²) >= 11 is 0. The molecule has 6 fully saturated rings. The summed E-state index contributed by atoms with van der Waals surface area (Å²) in [5.74, 6) is 5.44. The first kappa shape index (κ1) is 106. The third kappa shape index (κ3) is 27.1. The van der Waals surface area contributed by atoms with Crippen molar-refractivity contribution in [1.29, 1.82) is 0 Å². The lowest BCUT2D eigenvalue weighted by molar-refractivity contribution is -0.288. The maximum atomic E-state index is 6.82. The van der Waals surface area contributed by atoms with Crippen molar-refractivity contribution in [2.75, 3.05) is 83.8 Å². The molecule has 0 saturated carbocycles. The average Bonchev–Trinajstić information content (AvgIpc) is 0.789. The van der Waals surface area contributed by atoms with Crippen LogP contribution >= 0.6 is 0 Å². The highest BCUT2D eigenvalue weighted by molar-refractivity contribution is 5.48. The van der Waals surface area contributed by atoms with Gasteiger partial charge in [0, 0.05) is 116 Å². The van der Waals surface area contributed by atoms with Gasteiger partial charge >= 0.3 is 0 Å². The summed E-state index contributed by atoms with van der Waals surface area (Å²) in [5.41, 5.74) is -2.78. The lowest BCUT2D eigenvalue weighted by atomic mass is 9.71. The summed E-state index contributed by atoms with van der Waals surface area (Å²) in [4.78, 5) is 79.9.